The van der Waals surface area contributed by atoms with Crippen molar-refractivity contribution in [2.75, 3.05) is 51.5 Å². The van der Waals surface area contributed by atoms with E-state index in [1.165, 1.54) is 15.5 Å². The van der Waals surface area contributed by atoms with Crippen LogP contribution in [0.25, 0.3) is 16.9 Å². The molecule has 3 saturated heterocycles. The van der Waals surface area contributed by atoms with Gasteiger partial charge in [0, 0.05) is 32.2 Å². The minimum atomic E-state index is -1.24. The summed E-state index contributed by atoms with van der Waals surface area (Å²) in [5, 5.41) is 0. The fourth-order valence-electron chi connectivity index (χ4n) is 7.48. The van der Waals surface area contributed by atoms with E-state index in [-0.39, 0.29) is 18.5 Å². The molecule has 0 unspecified atom stereocenters. The van der Waals surface area contributed by atoms with E-state index in [4.69, 9.17) is 15.2 Å². The van der Waals surface area contributed by atoms with Crippen LogP contribution in [0, 0.1) is 5.92 Å². The van der Waals surface area contributed by atoms with Gasteiger partial charge in [0.05, 0.1) is 11.7 Å². The zero-order valence-corrected chi connectivity index (χ0v) is 29.1. The van der Waals surface area contributed by atoms with Gasteiger partial charge >= 0.3 is 11.8 Å². The molecule has 2 aromatic carbocycles. The second-order valence-corrected chi connectivity index (χ2v) is 14.8. The molecule has 7 rings (SSSR count). The molecule has 50 heavy (non-hydrogen) atoms. The fraction of sp³-hybridized carbons (Fsp3) is 0.514. The average molecular weight is 687 g/mol. The maximum atomic E-state index is 16.0. The summed E-state index contributed by atoms with van der Waals surface area (Å²) in [5.74, 6) is 2.07. The molecular weight excluding hydrogens is 639 g/mol. The minimum Gasteiger partial charge on any atom is -0.457 e. The Labute approximate surface area is 291 Å². The standard InChI is InChI=1S/C37H47FN8O4/c1-37(2,3)50-36(48)44-21-27(22-44)43-19-14-25(15-20-43)13-17-42-18-16-31(30(38)23-42)46-34-32(33(39)40-24-41-34)45(35(46)47)26-9-11-29(12-10-26)49-28-7-5-4-6-8-28/h4-12,24-25,27,30-31H,13-23H2,1-3H3,(H2,39,40,41)/t30-,31-/m1/s1. The predicted octanol–water partition coefficient (Wildman–Crippen LogP) is 5.26. The number of nitrogens with zero attached hydrogens (tertiary/aromatic N) is 7. The van der Waals surface area contributed by atoms with Crippen LogP contribution in [0.15, 0.2) is 65.7 Å². The monoisotopic (exact) mass is 686 g/mol. The molecule has 3 aliphatic heterocycles. The molecule has 3 aliphatic rings. The van der Waals surface area contributed by atoms with Gasteiger partial charge in [0.15, 0.2) is 11.5 Å². The van der Waals surface area contributed by atoms with Gasteiger partial charge < -0.3 is 25.0 Å². The van der Waals surface area contributed by atoms with E-state index in [9.17, 15) is 9.59 Å². The van der Waals surface area contributed by atoms with E-state index in [0.29, 0.717) is 53.3 Å². The third-order valence-electron chi connectivity index (χ3n) is 10.2. The van der Waals surface area contributed by atoms with Crippen LogP contribution in [0.5, 0.6) is 11.5 Å². The fourth-order valence-corrected chi connectivity index (χ4v) is 7.48. The zero-order chi connectivity index (χ0) is 35.0. The number of anilines is 1. The maximum absolute atomic E-state index is 16.0. The SMILES string of the molecule is CC(C)(C)OC(=O)N1CC(N2CCC(CCN3CC[C@@H](n4c(=O)n(-c5ccc(Oc6ccccc6)cc5)c5c(N)ncnc54)[C@H](F)C3)CC2)C1. The Bertz CT molecular complexity index is 1840. The van der Waals surface area contributed by atoms with Crippen LogP contribution in [0.1, 0.15) is 52.5 Å². The number of benzene rings is 2. The topological polar surface area (TPSA) is 124 Å². The van der Waals surface area contributed by atoms with Crippen LogP contribution in [0.3, 0.4) is 0 Å². The first-order valence-electron chi connectivity index (χ1n) is 17.7. The number of piperidine rings is 2. The van der Waals surface area contributed by atoms with Crippen LogP contribution in [-0.2, 0) is 4.74 Å². The quantitative estimate of drug-likeness (QED) is 0.264. The highest BCUT2D eigenvalue weighted by Gasteiger charge is 2.39. The average Bonchev–Trinajstić information content (AvgIpc) is 3.36. The molecule has 4 aromatic rings. The van der Waals surface area contributed by atoms with E-state index < -0.39 is 23.5 Å². The van der Waals surface area contributed by atoms with Crippen molar-refractivity contribution in [3.05, 3.63) is 71.4 Å². The molecule has 0 spiro atoms. The van der Waals surface area contributed by atoms with Crippen molar-refractivity contribution in [3.63, 3.8) is 0 Å². The van der Waals surface area contributed by atoms with Gasteiger partial charge in [-0.05, 0) is 108 Å². The van der Waals surface area contributed by atoms with Crippen molar-refractivity contribution >= 4 is 23.1 Å². The molecular formula is C37H47FN8O4. The number of rotatable bonds is 8. The summed E-state index contributed by atoms with van der Waals surface area (Å²) < 4.78 is 30.4. The molecule has 0 aliphatic carbocycles. The Morgan fingerprint density at radius 3 is 2.32 bits per heavy atom. The number of carbonyl (C=O) groups excluding carboxylic acids is 1. The summed E-state index contributed by atoms with van der Waals surface area (Å²) in [4.78, 5) is 41.4. The normalized spacial score (nSPS) is 21.3. The lowest BCUT2D eigenvalue weighted by Crippen LogP contribution is -2.62. The molecule has 0 saturated carbocycles. The highest BCUT2D eigenvalue weighted by molar-refractivity contribution is 5.84. The second kappa shape index (κ2) is 14.0. The lowest BCUT2D eigenvalue weighted by Gasteiger charge is -2.47. The number of ether oxygens (including phenoxy) is 2. The van der Waals surface area contributed by atoms with E-state index in [1.54, 1.807) is 29.2 Å². The number of fused-ring (bicyclic) bond motifs is 1. The zero-order valence-electron chi connectivity index (χ0n) is 29.1. The van der Waals surface area contributed by atoms with E-state index in [1.807, 2.05) is 51.1 Å². The van der Waals surface area contributed by atoms with Crippen molar-refractivity contribution in [1.29, 1.82) is 0 Å². The number of halogens is 1. The van der Waals surface area contributed by atoms with Crippen LogP contribution in [0.4, 0.5) is 15.0 Å². The Morgan fingerprint density at radius 2 is 1.64 bits per heavy atom. The number of hydrogen-bond acceptors (Lipinski definition) is 9. The summed E-state index contributed by atoms with van der Waals surface area (Å²) in [5.41, 5.74) is 6.71. The molecule has 3 fully saturated rings. The number of likely N-dealkylation sites (tertiary alicyclic amines) is 3. The van der Waals surface area contributed by atoms with Crippen molar-refractivity contribution in [2.45, 2.75) is 70.3 Å². The summed E-state index contributed by atoms with van der Waals surface area (Å²) in [6.45, 7) is 10.9. The van der Waals surface area contributed by atoms with Crippen LogP contribution in [0.2, 0.25) is 0 Å². The van der Waals surface area contributed by atoms with Gasteiger partial charge in [-0.1, -0.05) is 18.2 Å². The lowest BCUT2D eigenvalue weighted by atomic mass is 9.91. The third kappa shape index (κ3) is 7.20. The Balaban J connectivity index is 0.948. The van der Waals surface area contributed by atoms with E-state index in [0.717, 1.165) is 52.0 Å². The summed E-state index contributed by atoms with van der Waals surface area (Å²) in [6.07, 6.45) is 3.57. The highest BCUT2D eigenvalue weighted by atomic mass is 19.1. The van der Waals surface area contributed by atoms with Crippen molar-refractivity contribution < 1.29 is 18.7 Å². The van der Waals surface area contributed by atoms with Gasteiger partial charge in [-0.15, -0.1) is 0 Å². The number of imidazole rings is 1. The van der Waals surface area contributed by atoms with Gasteiger partial charge in [0.2, 0.25) is 0 Å². The minimum absolute atomic E-state index is 0.159. The number of carbonyl (C=O) groups is 1. The molecule has 0 radical (unpaired) electrons. The molecule has 2 aromatic heterocycles. The van der Waals surface area contributed by atoms with Gasteiger partial charge in [0.1, 0.15) is 35.1 Å². The molecule has 0 bridgehead atoms. The molecule has 12 nitrogen and oxygen atoms in total. The molecule has 13 heteroatoms. The number of nitrogens with two attached hydrogens (primary N) is 1. The van der Waals surface area contributed by atoms with Crippen LogP contribution in [-0.4, -0.2) is 104 Å². The first-order chi connectivity index (χ1) is 24.0. The molecule has 5 heterocycles. The van der Waals surface area contributed by atoms with Crippen molar-refractivity contribution in [1.82, 2.24) is 33.8 Å². The van der Waals surface area contributed by atoms with Gasteiger partial charge in [0.25, 0.3) is 0 Å². The highest BCUT2D eigenvalue weighted by Crippen LogP contribution is 2.32. The number of hydrogen-bond donors (Lipinski definition) is 1. The maximum Gasteiger partial charge on any atom is 0.410 e. The molecule has 2 atom stereocenters. The first kappa shape index (κ1) is 34.0. The van der Waals surface area contributed by atoms with Crippen LogP contribution >= 0.6 is 0 Å². The van der Waals surface area contributed by atoms with Gasteiger partial charge in [-0.2, -0.15) is 0 Å². The Hall–Kier alpha value is -4.49. The summed E-state index contributed by atoms with van der Waals surface area (Å²) in [6, 6.07) is 16.3. The Morgan fingerprint density at radius 1 is 0.940 bits per heavy atom. The third-order valence-corrected chi connectivity index (χ3v) is 10.2. The van der Waals surface area contributed by atoms with Crippen LogP contribution < -0.4 is 16.2 Å². The summed E-state index contributed by atoms with van der Waals surface area (Å²) in [7, 11) is 0. The number of nitrogen functional groups attached to an aromatic ring is 1. The number of para-hydroxylation sites is 1. The van der Waals surface area contributed by atoms with E-state index in [2.05, 4.69) is 19.8 Å². The number of alkyl halides is 1. The molecule has 266 valence electrons. The predicted molar refractivity (Wildman–Crippen MR) is 190 cm³/mol. The Kier molecular flexibility index (Phi) is 9.53. The second-order valence-electron chi connectivity index (χ2n) is 14.8. The van der Waals surface area contributed by atoms with Crippen molar-refractivity contribution in [2.24, 2.45) is 5.92 Å². The first-order valence-corrected chi connectivity index (χ1v) is 17.7. The van der Waals surface area contributed by atoms with Gasteiger partial charge in [-0.3, -0.25) is 14.0 Å². The van der Waals surface area contributed by atoms with E-state index >= 15 is 4.39 Å². The van der Waals surface area contributed by atoms with Gasteiger partial charge in [-0.25, -0.2) is 23.9 Å². The smallest absolute Gasteiger partial charge is 0.410 e. The van der Waals surface area contributed by atoms with Crippen molar-refractivity contribution in [3.8, 4) is 17.2 Å². The number of aromatic nitrogens is 4. The summed E-state index contributed by atoms with van der Waals surface area (Å²) >= 11 is 0. The molecule has 2 N–H and O–H groups in total. The molecule has 1 amide bonds. The number of amides is 1. The largest absolute Gasteiger partial charge is 0.457 e. The lowest BCUT2D eigenvalue weighted by molar-refractivity contribution is -0.0222.